The van der Waals surface area contributed by atoms with Gasteiger partial charge in [0.25, 0.3) is 0 Å². The fraction of sp³-hybridized carbons (Fsp3) is 0.211. The van der Waals surface area contributed by atoms with E-state index in [0.717, 1.165) is 17.7 Å². The van der Waals surface area contributed by atoms with Crippen LogP contribution in [0.15, 0.2) is 63.8 Å². The second kappa shape index (κ2) is 11.6. The van der Waals surface area contributed by atoms with Crippen LogP contribution in [0.2, 0.25) is 0 Å². The zero-order valence-electron chi connectivity index (χ0n) is 14.8. The Balaban J connectivity index is 0.000000257. The molecule has 0 bridgehead atoms. The van der Waals surface area contributed by atoms with Gasteiger partial charge in [-0.15, -0.1) is 11.8 Å². The van der Waals surface area contributed by atoms with Crippen LogP contribution in [0.5, 0.6) is 5.75 Å². The van der Waals surface area contributed by atoms with E-state index in [4.69, 9.17) is 9.88 Å². The van der Waals surface area contributed by atoms with Crippen LogP contribution in [-0.2, 0) is 17.4 Å². The van der Waals surface area contributed by atoms with E-state index in [1.165, 1.54) is 5.56 Å². The van der Waals surface area contributed by atoms with Crippen molar-refractivity contribution in [2.24, 2.45) is 10.1 Å². The van der Waals surface area contributed by atoms with Crippen LogP contribution in [0, 0.1) is 0 Å². The third-order valence-electron chi connectivity index (χ3n) is 3.33. The van der Waals surface area contributed by atoms with Crippen molar-refractivity contribution < 1.29 is 8.95 Å². The van der Waals surface area contributed by atoms with E-state index < -0.39 is 11.0 Å². The molecule has 0 amide bonds. The highest BCUT2D eigenvalue weighted by Gasteiger charge is 1.98. The molecule has 0 aliphatic heterocycles. The fourth-order valence-electron chi connectivity index (χ4n) is 1.95. The van der Waals surface area contributed by atoms with Crippen molar-refractivity contribution in [1.82, 2.24) is 0 Å². The van der Waals surface area contributed by atoms with Gasteiger partial charge in [0.2, 0.25) is 0 Å². The zero-order chi connectivity index (χ0) is 18.7. The Bertz CT molecular complexity index is 728. The van der Waals surface area contributed by atoms with Gasteiger partial charge in [0.1, 0.15) is 16.7 Å². The van der Waals surface area contributed by atoms with Gasteiger partial charge in [-0.3, -0.25) is 4.99 Å². The first kappa shape index (κ1) is 21.2. The lowest BCUT2D eigenvalue weighted by Crippen LogP contribution is -2.02. The lowest BCUT2D eigenvalue weighted by molar-refractivity contribution is 0.413. The molecule has 2 aromatic carbocycles. The minimum atomic E-state index is -1.42. The second-order valence-corrected chi connectivity index (χ2v) is 6.70. The number of hydrogen-bond donors (Lipinski definition) is 1. The molecule has 0 saturated heterocycles. The third-order valence-corrected chi connectivity index (χ3v) is 4.51. The highest BCUT2D eigenvalue weighted by atomic mass is 32.2. The highest BCUT2D eigenvalue weighted by Crippen LogP contribution is 2.19. The van der Waals surface area contributed by atoms with Crippen LogP contribution >= 0.6 is 11.8 Å². The molecule has 4 nitrogen and oxygen atoms in total. The standard InChI is InChI=1S/C12H15NS.C7H9NO2S/c1-4-10-5-7-11(8-6-10)12(13-2)9-14-3;1-10-6-3-2-4-7(5-6)11(8)9/h5-9H,2,4H2,1,3H3;2-5H,8H2,1H3/b12-9-;. The van der Waals surface area contributed by atoms with Crippen molar-refractivity contribution in [1.29, 1.82) is 0 Å². The number of benzene rings is 2. The van der Waals surface area contributed by atoms with E-state index in [1.807, 2.05) is 11.7 Å². The summed E-state index contributed by atoms with van der Waals surface area (Å²) in [5, 5.41) is 7.16. The van der Waals surface area contributed by atoms with E-state index in [0.29, 0.717) is 10.6 Å². The average Bonchev–Trinajstić information content (AvgIpc) is 2.66. The molecule has 0 radical (unpaired) electrons. The van der Waals surface area contributed by atoms with Crippen molar-refractivity contribution in [2.75, 3.05) is 13.4 Å². The quantitative estimate of drug-likeness (QED) is 0.765. The van der Waals surface area contributed by atoms with E-state index in [1.54, 1.807) is 43.1 Å². The van der Waals surface area contributed by atoms with Crippen LogP contribution in [0.4, 0.5) is 0 Å². The monoisotopic (exact) mass is 376 g/mol. The Morgan fingerprint density at radius 3 is 2.48 bits per heavy atom. The highest BCUT2D eigenvalue weighted by molar-refractivity contribution is 8.01. The maximum absolute atomic E-state index is 10.7. The molecule has 2 N–H and O–H groups in total. The number of rotatable bonds is 6. The smallest absolute Gasteiger partial charge is 0.122 e. The molecule has 1 atom stereocenters. The summed E-state index contributed by atoms with van der Waals surface area (Å²) >= 11 is 1.64. The van der Waals surface area contributed by atoms with Gasteiger partial charge in [-0.25, -0.2) is 9.35 Å². The van der Waals surface area contributed by atoms with Crippen molar-refractivity contribution in [3.05, 3.63) is 65.1 Å². The molecular formula is C19H24N2O2S2. The second-order valence-electron chi connectivity index (χ2n) is 4.92. The van der Waals surface area contributed by atoms with Gasteiger partial charge < -0.3 is 4.74 Å². The average molecular weight is 377 g/mol. The predicted molar refractivity (Wildman–Crippen MR) is 110 cm³/mol. The number of methoxy groups -OCH3 is 1. The van der Waals surface area contributed by atoms with Crippen LogP contribution in [0.25, 0.3) is 5.70 Å². The van der Waals surface area contributed by atoms with Gasteiger partial charge in [-0.2, -0.15) is 0 Å². The number of hydrogen-bond acceptors (Lipinski definition) is 4. The summed E-state index contributed by atoms with van der Waals surface area (Å²) < 4.78 is 15.7. The molecule has 0 aromatic heterocycles. The number of thioether (sulfide) groups is 1. The number of aliphatic imine (C=N–C) groups is 1. The van der Waals surface area contributed by atoms with Crippen LogP contribution in [0.3, 0.4) is 0 Å². The van der Waals surface area contributed by atoms with Crippen LogP contribution in [0.1, 0.15) is 18.1 Å². The van der Waals surface area contributed by atoms with Crippen LogP contribution < -0.4 is 9.88 Å². The topological polar surface area (TPSA) is 64.7 Å². The maximum Gasteiger partial charge on any atom is 0.122 e. The molecule has 0 fully saturated rings. The normalized spacial score (nSPS) is 11.9. The molecule has 0 aliphatic carbocycles. The zero-order valence-corrected chi connectivity index (χ0v) is 16.4. The summed E-state index contributed by atoms with van der Waals surface area (Å²) in [5.41, 5.74) is 3.42. The lowest BCUT2D eigenvalue weighted by Gasteiger charge is -2.02. The maximum atomic E-state index is 10.7. The summed E-state index contributed by atoms with van der Waals surface area (Å²) in [6.07, 6.45) is 3.09. The summed E-state index contributed by atoms with van der Waals surface area (Å²) in [5.74, 6) is 0.668. The van der Waals surface area contributed by atoms with Crippen LogP contribution in [-0.4, -0.2) is 24.3 Å². The SMILES string of the molecule is C=N/C(=C\SC)c1ccc(CC)cc1.COc1cccc(S(N)=O)c1. The minimum absolute atomic E-state index is 0.573. The summed E-state index contributed by atoms with van der Waals surface area (Å²) in [6.45, 7) is 5.72. The fourth-order valence-corrected chi connectivity index (χ4v) is 2.82. The molecule has 25 heavy (non-hydrogen) atoms. The van der Waals surface area contributed by atoms with Gasteiger partial charge >= 0.3 is 0 Å². The molecular weight excluding hydrogens is 352 g/mol. The Labute approximate surface area is 156 Å². The van der Waals surface area contributed by atoms with Gasteiger partial charge in [-0.05, 0) is 48.6 Å². The number of nitrogens with zero attached hydrogens (tertiary/aromatic N) is 1. The predicted octanol–water partition coefficient (Wildman–Crippen LogP) is 4.29. The Morgan fingerprint density at radius 2 is 2.00 bits per heavy atom. The molecule has 134 valence electrons. The van der Waals surface area contributed by atoms with E-state index in [-0.39, 0.29) is 0 Å². The number of ether oxygens (including phenoxy) is 1. The first-order chi connectivity index (χ1) is 12.0. The molecule has 0 spiro atoms. The third kappa shape index (κ3) is 7.25. The summed E-state index contributed by atoms with van der Waals surface area (Å²) in [7, 11) is 0.133. The number of aryl methyl sites for hydroxylation is 1. The van der Waals surface area contributed by atoms with Crippen molar-refractivity contribution in [3.8, 4) is 5.75 Å². The van der Waals surface area contributed by atoms with Crippen molar-refractivity contribution >= 4 is 35.2 Å². The first-order valence-corrected chi connectivity index (χ1v) is 10.1. The van der Waals surface area contributed by atoms with Crippen molar-refractivity contribution in [2.45, 2.75) is 18.2 Å². The van der Waals surface area contributed by atoms with Crippen molar-refractivity contribution in [3.63, 3.8) is 0 Å². The Morgan fingerprint density at radius 1 is 1.32 bits per heavy atom. The Kier molecular flexibility index (Phi) is 9.84. The lowest BCUT2D eigenvalue weighted by atomic mass is 10.1. The number of nitrogens with two attached hydrogens (primary N) is 1. The first-order valence-electron chi connectivity index (χ1n) is 7.64. The minimum Gasteiger partial charge on any atom is -0.497 e. The van der Waals surface area contributed by atoms with Gasteiger partial charge in [0.05, 0.1) is 17.7 Å². The van der Waals surface area contributed by atoms with E-state index in [2.05, 4.69) is 42.9 Å². The molecule has 2 aromatic rings. The molecule has 6 heteroatoms. The molecule has 1 unspecified atom stereocenters. The Hall–Kier alpha value is -1.89. The summed E-state index contributed by atoms with van der Waals surface area (Å²) in [6, 6.07) is 15.3. The van der Waals surface area contributed by atoms with Gasteiger partial charge in [0.15, 0.2) is 0 Å². The largest absolute Gasteiger partial charge is 0.497 e. The summed E-state index contributed by atoms with van der Waals surface area (Å²) in [4.78, 5) is 4.57. The molecule has 2 rings (SSSR count). The van der Waals surface area contributed by atoms with E-state index in [9.17, 15) is 4.21 Å². The van der Waals surface area contributed by atoms with Gasteiger partial charge in [-0.1, -0.05) is 37.3 Å². The molecule has 0 saturated carbocycles. The molecule has 0 aliphatic rings. The van der Waals surface area contributed by atoms with Gasteiger partial charge in [0, 0.05) is 5.56 Å². The van der Waals surface area contributed by atoms with E-state index >= 15 is 0 Å². The molecule has 0 heterocycles.